The predicted octanol–water partition coefficient (Wildman–Crippen LogP) is 1.90. The number of hydrogen-bond acceptors (Lipinski definition) is 4. The molecule has 0 unspecified atom stereocenters. The third-order valence-corrected chi connectivity index (χ3v) is 3.69. The molecule has 3 atom stereocenters. The van der Waals surface area contributed by atoms with Gasteiger partial charge in [0.25, 0.3) is 0 Å². The molecular weight excluding hydrogens is 220 g/mol. The smallest absolute Gasteiger partial charge is 0.308 e. The lowest BCUT2D eigenvalue weighted by molar-refractivity contribution is -0.155. The van der Waals surface area contributed by atoms with Crippen molar-refractivity contribution in [2.24, 2.45) is 5.92 Å². The predicted molar refractivity (Wildman–Crippen MR) is 64.6 cm³/mol. The van der Waals surface area contributed by atoms with Gasteiger partial charge in [0.15, 0.2) is 0 Å². The average molecular weight is 244 g/mol. The molecule has 0 amide bonds. The third-order valence-electron chi connectivity index (χ3n) is 3.69. The first-order valence-corrected chi connectivity index (χ1v) is 6.32. The Bertz CT molecular complexity index is 279. The Hall–Kier alpha value is -0.610. The fourth-order valence-electron chi connectivity index (χ4n) is 2.71. The number of hydrogen-bond donors (Lipinski definition) is 1. The summed E-state index contributed by atoms with van der Waals surface area (Å²) >= 11 is 0. The highest BCUT2D eigenvalue weighted by Crippen LogP contribution is 2.45. The number of esters is 1. The highest BCUT2D eigenvalue weighted by Gasteiger charge is 2.49. The van der Waals surface area contributed by atoms with E-state index in [1.54, 1.807) is 6.92 Å². The molecule has 0 spiro atoms. The normalized spacial score (nSPS) is 37.1. The largest absolute Gasteiger partial charge is 0.466 e. The average Bonchev–Trinajstić information content (AvgIpc) is 2.37. The maximum Gasteiger partial charge on any atom is 0.308 e. The van der Waals surface area contributed by atoms with Gasteiger partial charge in [-0.3, -0.25) is 4.79 Å². The fourth-order valence-corrected chi connectivity index (χ4v) is 2.71. The van der Waals surface area contributed by atoms with Gasteiger partial charge in [0.2, 0.25) is 0 Å². The molecule has 4 heteroatoms. The first-order valence-electron chi connectivity index (χ1n) is 6.32. The molecule has 1 saturated heterocycles. The van der Waals surface area contributed by atoms with Gasteiger partial charge >= 0.3 is 5.97 Å². The van der Waals surface area contributed by atoms with Crippen LogP contribution < -0.4 is 0 Å². The first kappa shape index (κ1) is 14.5. The van der Waals surface area contributed by atoms with Crippen LogP contribution in [0.1, 0.15) is 47.0 Å². The molecule has 0 aliphatic carbocycles. The molecule has 0 saturated carbocycles. The van der Waals surface area contributed by atoms with Gasteiger partial charge in [0.05, 0.1) is 24.2 Å². The highest BCUT2D eigenvalue weighted by molar-refractivity contribution is 5.70. The van der Waals surface area contributed by atoms with Gasteiger partial charge in [-0.2, -0.15) is 0 Å². The van der Waals surface area contributed by atoms with Crippen LogP contribution in [0.15, 0.2) is 0 Å². The quantitative estimate of drug-likeness (QED) is 0.750. The molecule has 1 aliphatic rings. The summed E-state index contributed by atoms with van der Waals surface area (Å²) in [5.74, 6) is 0.115. The lowest BCUT2D eigenvalue weighted by Crippen LogP contribution is -2.35. The Balaban J connectivity index is 2.65. The summed E-state index contributed by atoms with van der Waals surface area (Å²) in [4.78, 5) is 11.5. The Morgan fingerprint density at radius 2 is 2.18 bits per heavy atom. The third kappa shape index (κ3) is 3.42. The zero-order valence-corrected chi connectivity index (χ0v) is 11.3. The first-order chi connectivity index (χ1) is 7.85. The molecular formula is C13H24O4. The monoisotopic (exact) mass is 244 g/mol. The van der Waals surface area contributed by atoms with Crippen LogP contribution in [-0.4, -0.2) is 35.5 Å². The van der Waals surface area contributed by atoms with Crippen LogP contribution in [0.3, 0.4) is 0 Å². The fraction of sp³-hybridized carbons (Fsp3) is 0.923. The zero-order chi connectivity index (χ0) is 13.1. The van der Waals surface area contributed by atoms with Crippen LogP contribution in [0.5, 0.6) is 0 Å². The molecule has 0 aromatic carbocycles. The van der Waals surface area contributed by atoms with E-state index < -0.39 is 5.60 Å². The Morgan fingerprint density at radius 1 is 1.53 bits per heavy atom. The van der Waals surface area contributed by atoms with Crippen LogP contribution in [0.25, 0.3) is 0 Å². The number of aliphatic hydroxyl groups is 1. The van der Waals surface area contributed by atoms with E-state index in [4.69, 9.17) is 14.6 Å². The second kappa shape index (κ2) is 5.36. The molecule has 1 aliphatic heterocycles. The number of aliphatic hydroxyl groups excluding tert-OH is 1. The Morgan fingerprint density at radius 3 is 2.71 bits per heavy atom. The number of carbonyl (C=O) groups excluding carboxylic acids is 1. The molecule has 0 aromatic heterocycles. The van der Waals surface area contributed by atoms with E-state index >= 15 is 0 Å². The van der Waals surface area contributed by atoms with Crippen molar-refractivity contribution in [3.05, 3.63) is 0 Å². The standard InChI is InChI=1S/C13H24O4/c1-5-16-11(15)9-12(3)8-10(2)13(4,17-12)6-7-14/h10,14H,5-9H2,1-4H3/t10-,12-,13+/m1/s1. The molecule has 1 heterocycles. The van der Waals surface area contributed by atoms with Crippen LogP contribution >= 0.6 is 0 Å². The molecule has 0 radical (unpaired) electrons. The highest BCUT2D eigenvalue weighted by atomic mass is 16.5. The summed E-state index contributed by atoms with van der Waals surface area (Å²) < 4.78 is 11.0. The minimum atomic E-state index is -0.463. The number of ether oxygens (including phenoxy) is 2. The van der Waals surface area contributed by atoms with E-state index in [2.05, 4.69) is 6.92 Å². The van der Waals surface area contributed by atoms with Crippen LogP contribution in [-0.2, 0) is 14.3 Å². The second-order valence-electron chi connectivity index (χ2n) is 5.43. The Kier molecular flexibility index (Phi) is 4.55. The lowest BCUT2D eigenvalue weighted by Gasteiger charge is -2.31. The molecule has 0 aromatic rings. The molecule has 0 bridgehead atoms. The van der Waals surface area contributed by atoms with E-state index in [-0.39, 0.29) is 24.6 Å². The van der Waals surface area contributed by atoms with Gasteiger partial charge in [-0.25, -0.2) is 0 Å². The maximum absolute atomic E-state index is 11.5. The van der Waals surface area contributed by atoms with Crippen LogP contribution in [0, 0.1) is 5.92 Å². The molecule has 4 nitrogen and oxygen atoms in total. The van der Waals surface area contributed by atoms with Gasteiger partial charge in [-0.15, -0.1) is 0 Å². The minimum absolute atomic E-state index is 0.107. The molecule has 1 rings (SSSR count). The summed E-state index contributed by atoms with van der Waals surface area (Å²) in [6, 6.07) is 0. The van der Waals surface area contributed by atoms with Gasteiger partial charge in [0, 0.05) is 6.61 Å². The van der Waals surface area contributed by atoms with Crippen molar-refractivity contribution in [3.8, 4) is 0 Å². The minimum Gasteiger partial charge on any atom is -0.466 e. The van der Waals surface area contributed by atoms with E-state index in [0.717, 1.165) is 6.42 Å². The summed E-state index contributed by atoms with van der Waals surface area (Å²) in [6.45, 7) is 8.36. The number of rotatable bonds is 5. The van der Waals surface area contributed by atoms with Gasteiger partial charge in [-0.1, -0.05) is 6.92 Å². The molecule has 100 valence electrons. The summed E-state index contributed by atoms with van der Waals surface area (Å²) in [5, 5.41) is 9.07. The second-order valence-corrected chi connectivity index (χ2v) is 5.43. The van der Waals surface area contributed by atoms with Crippen LogP contribution in [0.2, 0.25) is 0 Å². The SMILES string of the molecule is CCOC(=O)C[C@@]1(C)C[C@@H](C)[C@](C)(CCO)O1. The van der Waals surface area contributed by atoms with Crippen molar-refractivity contribution in [2.75, 3.05) is 13.2 Å². The van der Waals surface area contributed by atoms with Crippen molar-refractivity contribution < 1.29 is 19.4 Å². The topological polar surface area (TPSA) is 55.8 Å². The summed E-state index contributed by atoms with van der Waals surface area (Å²) in [7, 11) is 0. The van der Waals surface area contributed by atoms with E-state index in [1.807, 2.05) is 13.8 Å². The Labute approximate surface area is 103 Å². The van der Waals surface area contributed by atoms with Crippen molar-refractivity contribution in [3.63, 3.8) is 0 Å². The zero-order valence-electron chi connectivity index (χ0n) is 11.3. The molecule has 17 heavy (non-hydrogen) atoms. The van der Waals surface area contributed by atoms with Gasteiger partial charge in [0.1, 0.15) is 0 Å². The van der Waals surface area contributed by atoms with Crippen molar-refractivity contribution in [2.45, 2.75) is 58.2 Å². The molecule has 1 fully saturated rings. The lowest BCUT2D eigenvalue weighted by atomic mass is 9.84. The number of carbonyl (C=O) groups is 1. The van der Waals surface area contributed by atoms with Crippen molar-refractivity contribution in [1.29, 1.82) is 0 Å². The van der Waals surface area contributed by atoms with Crippen molar-refractivity contribution in [1.82, 2.24) is 0 Å². The van der Waals surface area contributed by atoms with Gasteiger partial charge < -0.3 is 14.6 Å². The summed E-state index contributed by atoms with van der Waals surface area (Å²) in [5.41, 5.74) is -0.800. The molecule has 1 N–H and O–H groups in total. The van der Waals surface area contributed by atoms with E-state index in [0.29, 0.717) is 18.9 Å². The summed E-state index contributed by atoms with van der Waals surface area (Å²) in [6.07, 6.45) is 1.71. The van der Waals surface area contributed by atoms with Gasteiger partial charge in [-0.05, 0) is 39.5 Å². The van der Waals surface area contributed by atoms with Crippen molar-refractivity contribution >= 4 is 5.97 Å². The maximum atomic E-state index is 11.5. The van der Waals surface area contributed by atoms with Crippen LogP contribution in [0.4, 0.5) is 0 Å². The van der Waals surface area contributed by atoms with E-state index in [1.165, 1.54) is 0 Å². The van der Waals surface area contributed by atoms with E-state index in [9.17, 15) is 4.79 Å².